The monoisotopic (exact) mass is 417 g/mol. The van der Waals surface area contributed by atoms with Crippen molar-refractivity contribution in [1.82, 2.24) is 19.6 Å². The minimum Gasteiger partial charge on any atom is -0.493 e. The molecule has 3 N–H and O–H groups in total. The first kappa shape index (κ1) is 19.3. The minimum atomic E-state index is -0.672. The summed E-state index contributed by atoms with van der Waals surface area (Å²) in [6.45, 7) is 1.83. The summed E-state index contributed by atoms with van der Waals surface area (Å²) >= 11 is 0. The molecule has 2 aromatic heterocycles. The number of nitrogens with zero attached hydrogens (tertiary/aromatic N) is 4. The summed E-state index contributed by atoms with van der Waals surface area (Å²) in [5.74, 6) is 3.12. The molecule has 8 nitrogen and oxygen atoms in total. The van der Waals surface area contributed by atoms with Crippen molar-refractivity contribution in [2.45, 2.75) is 31.3 Å². The molecule has 4 aromatic rings. The van der Waals surface area contributed by atoms with Gasteiger partial charge in [0.2, 0.25) is 0 Å². The van der Waals surface area contributed by atoms with E-state index in [2.05, 4.69) is 10.1 Å². The van der Waals surface area contributed by atoms with Crippen LogP contribution in [0.2, 0.25) is 0 Å². The van der Waals surface area contributed by atoms with E-state index in [1.165, 1.54) is 6.33 Å². The quantitative estimate of drug-likeness (QED) is 0.508. The minimum absolute atomic E-state index is 0.105. The van der Waals surface area contributed by atoms with Gasteiger partial charge in [-0.25, -0.2) is 14.5 Å². The number of aromatic nitrogens is 4. The third-order valence-electron chi connectivity index (χ3n) is 5.63. The Balaban J connectivity index is 1.58. The van der Waals surface area contributed by atoms with Gasteiger partial charge in [0.15, 0.2) is 17.3 Å². The number of aliphatic hydroxyl groups is 1. The Morgan fingerprint density at radius 2 is 1.90 bits per heavy atom. The molecule has 0 spiro atoms. The maximum atomic E-state index is 10.2. The Kier molecular flexibility index (Phi) is 4.51. The number of ether oxygens (including phenoxy) is 2. The van der Waals surface area contributed by atoms with E-state index < -0.39 is 5.60 Å². The number of rotatable bonds is 5. The van der Waals surface area contributed by atoms with Crippen molar-refractivity contribution in [2.75, 3.05) is 12.8 Å². The van der Waals surface area contributed by atoms with E-state index in [9.17, 15) is 5.11 Å². The van der Waals surface area contributed by atoms with Crippen molar-refractivity contribution in [3.8, 4) is 28.5 Å². The molecular formula is C23H23N5O3. The van der Waals surface area contributed by atoms with Crippen molar-refractivity contribution in [2.24, 2.45) is 0 Å². The van der Waals surface area contributed by atoms with Gasteiger partial charge in [-0.1, -0.05) is 18.2 Å². The number of nitrogens with two attached hydrogens (primary N) is 1. The number of hydrogen-bond donors (Lipinski definition) is 2. The highest BCUT2D eigenvalue weighted by molar-refractivity contribution is 5.85. The molecule has 0 unspecified atom stereocenters. The summed E-state index contributed by atoms with van der Waals surface area (Å²) in [4.78, 5) is 9.03. The molecule has 1 saturated carbocycles. The van der Waals surface area contributed by atoms with E-state index in [1.54, 1.807) is 11.6 Å². The molecule has 0 amide bonds. The van der Waals surface area contributed by atoms with Crippen LogP contribution in [0, 0.1) is 0 Å². The second-order valence-electron chi connectivity index (χ2n) is 8.11. The zero-order chi connectivity index (χ0) is 21.6. The van der Waals surface area contributed by atoms with Gasteiger partial charge in [0.25, 0.3) is 0 Å². The van der Waals surface area contributed by atoms with Crippen LogP contribution in [0.3, 0.4) is 0 Å². The number of imidazole rings is 1. The predicted molar refractivity (Wildman–Crippen MR) is 116 cm³/mol. The molecule has 0 bridgehead atoms. The van der Waals surface area contributed by atoms with Gasteiger partial charge in [-0.05, 0) is 50.1 Å². The Hall–Kier alpha value is -3.65. The first-order valence-corrected chi connectivity index (χ1v) is 10.1. The van der Waals surface area contributed by atoms with Crippen molar-refractivity contribution < 1.29 is 14.6 Å². The van der Waals surface area contributed by atoms with Crippen molar-refractivity contribution in [3.05, 3.63) is 60.7 Å². The van der Waals surface area contributed by atoms with E-state index in [-0.39, 0.29) is 5.92 Å². The second-order valence-corrected chi connectivity index (χ2v) is 8.11. The van der Waals surface area contributed by atoms with Crippen LogP contribution in [0.25, 0.3) is 16.8 Å². The van der Waals surface area contributed by atoms with Crippen LogP contribution in [-0.4, -0.2) is 37.4 Å². The average molecular weight is 417 g/mol. The topological polar surface area (TPSA) is 108 Å². The van der Waals surface area contributed by atoms with E-state index in [1.807, 2.05) is 55.5 Å². The number of para-hydroxylation sites is 1. The number of anilines is 1. The van der Waals surface area contributed by atoms with Crippen LogP contribution in [0.15, 0.2) is 54.9 Å². The lowest BCUT2D eigenvalue weighted by Crippen LogP contribution is -2.40. The molecule has 158 valence electrons. The van der Waals surface area contributed by atoms with Crippen molar-refractivity contribution in [1.29, 1.82) is 0 Å². The van der Waals surface area contributed by atoms with Gasteiger partial charge in [0.1, 0.15) is 29.1 Å². The highest BCUT2D eigenvalue weighted by Gasteiger charge is 2.42. The van der Waals surface area contributed by atoms with Crippen LogP contribution in [0.5, 0.6) is 17.2 Å². The molecular weight excluding hydrogens is 394 g/mol. The number of fused-ring (bicyclic) bond motifs is 1. The zero-order valence-electron chi connectivity index (χ0n) is 17.3. The molecule has 31 heavy (non-hydrogen) atoms. The van der Waals surface area contributed by atoms with E-state index in [0.29, 0.717) is 41.4 Å². The zero-order valence-corrected chi connectivity index (χ0v) is 17.3. The fraction of sp³-hybridized carbons (Fsp3) is 0.261. The smallest absolute Gasteiger partial charge is 0.169 e. The standard InChI is InChI=1S/C23H23N5O3/c1-23(29)11-15(12-23)22-27-19(20-21(24)25-13-26-28(20)22)14-8-9-17(18(10-14)30-2)31-16-6-4-3-5-7-16/h3-10,13,15,29H,11-12H2,1-2H3,(H2,24,25,26)/t15-,23+. The molecule has 0 saturated heterocycles. The van der Waals surface area contributed by atoms with Crippen LogP contribution < -0.4 is 15.2 Å². The molecule has 0 radical (unpaired) electrons. The molecule has 8 heteroatoms. The average Bonchev–Trinajstić information content (AvgIpc) is 3.14. The molecule has 2 heterocycles. The molecule has 5 rings (SSSR count). The number of benzene rings is 2. The third kappa shape index (κ3) is 3.44. The van der Waals surface area contributed by atoms with Crippen LogP contribution in [-0.2, 0) is 0 Å². The number of nitrogen functional groups attached to an aromatic ring is 1. The lowest BCUT2D eigenvalue weighted by molar-refractivity contribution is -0.0337. The fourth-order valence-electron chi connectivity index (χ4n) is 4.14. The highest BCUT2D eigenvalue weighted by atomic mass is 16.5. The lowest BCUT2D eigenvalue weighted by atomic mass is 9.72. The van der Waals surface area contributed by atoms with Gasteiger partial charge in [-0.3, -0.25) is 0 Å². The predicted octanol–water partition coefficient (Wildman–Crippen LogP) is 3.80. The molecule has 0 atom stereocenters. The first-order valence-electron chi connectivity index (χ1n) is 10.1. The van der Waals surface area contributed by atoms with Crippen LogP contribution in [0.4, 0.5) is 5.82 Å². The molecule has 2 aromatic carbocycles. The number of methoxy groups -OCH3 is 1. The summed E-state index contributed by atoms with van der Waals surface area (Å²) in [5.41, 5.74) is 7.66. The van der Waals surface area contributed by atoms with E-state index >= 15 is 0 Å². The van der Waals surface area contributed by atoms with Crippen molar-refractivity contribution in [3.63, 3.8) is 0 Å². The van der Waals surface area contributed by atoms with Crippen molar-refractivity contribution >= 4 is 11.3 Å². The van der Waals surface area contributed by atoms with E-state index in [4.69, 9.17) is 20.2 Å². The first-order chi connectivity index (χ1) is 14.9. The maximum absolute atomic E-state index is 10.2. The summed E-state index contributed by atoms with van der Waals surface area (Å²) < 4.78 is 13.3. The summed E-state index contributed by atoms with van der Waals surface area (Å²) in [7, 11) is 1.60. The Bertz CT molecular complexity index is 1250. The molecule has 1 aliphatic carbocycles. The Morgan fingerprint density at radius 3 is 2.61 bits per heavy atom. The van der Waals surface area contributed by atoms with Gasteiger partial charge in [-0.2, -0.15) is 5.10 Å². The normalized spacial score (nSPS) is 20.4. The summed E-state index contributed by atoms with van der Waals surface area (Å²) in [5, 5.41) is 14.6. The summed E-state index contributed by atoms with van der Waals surface area (Å²) in [6.07, 6.45) is 2.68. The van der Waals surface area contributed by atoms with Gasteiger partial charge in [0, 0.05) is 11.5 Å². The molecule has 1 fully saturated rings. The van der Waals surface area contributed by atoms with Crippen LogP contribution in [0.1, 0.15) is 31.5 Å². The highest BCUT2D eigenvalue weighted by Crippen LogP contribution is 2.45. The van der Waals surface area contributed by atoms with Gasteiger partial charge >= 0.3 is 0 Å². The van der Waals surface area contributed by atoms with Gasteiger partial charge < -0.3 is 20.3 Å². The molecule has 1 aliphatic rings. The second kappa shape index (κ2) is 7.24. The fourth-order valence-corrected chi connectivity index (χ4v) is 4.14. The summed E-state index contributed by atoms with van der Waals surface area (Å²) in [6, 6.07) is 15.2. The third-order valence-corrected chi connectivity index (χ3v) is 5.63. The van der Waals surface area contributed by atoms with Gasteiger partial charge in [0.05, 0.1) is 12.7 Å². The Morgan fingerprint density at radius 1 is 1.13 bits per heavy atom. The maximum Gasteiger partial charge on any atom is 0.169 e. The Labute approximate surface area is 179 Å². The lowest BCUT2D eigenvalue weighted by Gasteiger charge is -2.39. The van der Waals surface area contributed by atoms with E-state index in [0.717, 1.165) is 17.1 Å². The van der Waals surface area contributed by atoms with Gasteiger partial charge in [-0.15, -0.1) is 0 Å². The largest absolute Gasteiger partial charge is 0.493 e. The SMILES string of the molecule is COc1cc(-c2nc([C@H]3C[C@@](C)(O)C3)n3ncnc(N)c23)ccc1Oc1ccccc1. The molecule has 0 aliphatic heterocycles. The van der Waals surface area contributed by atoms with Crippen LogP contribution >= 0.6 is 0 Å². The number of hydrogen-bond acceptors (Lipinski definition) is 7.